The first-order valence-corrected chi connectivity index (χ1v) is 7.40. The molecule has 3 nitrogen and oxygen atoms in total. The molecule has 0 aliphatic carbocycles. The van der Waals surface area contributed by atoms with Crippen LogP contribution in [0.1, 0.15) is 18.1 Å². The average Bonchev–Trinajstić information content (AvgIpc) is 2.52. The van der Waals surface area contributed by atoms with Gasteiger partial charge in [-0.25, -0.2) is 4.39 Å². The van der Waals surface area contributed by atoms with Crippen LogP contribution in [0.15, 0.2) is 48.5 Å². The zero-order valence-electron chi connectivity index (χ0n) is 12.6. The summed E-state index contributed by atoms with van der Waals surface area (Å²) in [5.41, 5.74) is 1.95. The summed E-state index contributed by atoms with van der Waals surface area (Å²) >= 11 is 0. The Hall–Kier alpha value is -2.36. The Morgan fingerprint density at radius 1 is 1.05 bits per heavy atom. The fraction of sp³-hybridized carbons (Fsp3) is 0.278. The fourth-order valence-corrected chi connectivity index (χ4v) is 2.12. The number of halogens is 1. The Balaban J connectivity index is 1.73. The number of nitrogens with one attached hydrogen (secondary N) is 1. The molecule has 4 heteroatoms. The van der Waals surface area contributed by atoms with Crippen molar-refractivity contribution in [2.24, 2.45) is 0 Å². The molecule has 0 aliphatic heterocycles. The minimum absolute atomic E-state index is 0.0578. The largest absolute Gasteiger partial charge is 0.494 e. The van der Waals surface area contributed by atoms with E-state index < -0.39 is 0 Å². The zero-order chi connectivity index (χ0) is 15.8. The number of carbonyl (C=O) groups excluding carboxylic acids is 1. The zero-order valence-corrected chi connectivity index (χ0v) is 12.6. The lowest BCUT2D eigenvalue weighted by Gasteiger charge is -2.07. The van der Waals surface area contributed by atoms with Crippen molar-refractivity contribution in [3.63, 3.8) is 0 Å². The molecule has 0 spiro atoms. The molecule has 1 N–H and O–H groups in total. The summed E-state index contributed by atoms with van der Waals surface area (Å²) in [5, 5.41) is 2.87. The van der Waals surface area contributed by atoms with E-state index in [-0.39, 0.29) is 18.1 Å². The molecule has 0 heterocycles. The highest BCUT2D eigenvalue weighted by Crippen LogP contribution is 2.12. The number of hydrogen-bond donors (Lipinski definition) is 1. The van der Waals surface area contributed by atoms with E-state index in [9.17, 15) is 9.18 Å². The third kappa shape index (κ3) is 5.20. The molecule has 2 rings (SSSR count). The van der Waals surface area contributed by atoms with Gasteiger partial charge in [0.15, 0.2) is 0 Å². The Morgan fingerprint density at radius 2 is 1.68 bits per heavy atom. The van der Waals surface area contributed by atoms with Gasteiger partial charge in [0.1, 0.15) is 11.6 Å². The van der Waals surface area contributed by atoms with E-state index in [4.69, 9.17) is 4.74 Å². The van der Waals surface area contributed by atoms with Crippen molar-refractivity contribution in [3.05, 3.63) is 65.5 Å². The highest BCUT2D eigenvalue weighted by Gasteiger charge is 2.03. The van der Waals surface area contributed by atoms with E-state index in [1.165, 1.54) is 12.1 Å². The molecule has 0 bridgehead atoms. The van der Waals surface area contributed by atoms with Gasteiger partial charge in [0.05, 0.1) is 13.0 Å². The first-order chi connectivity index (χ1) is 10.7. The first kappa shape index (κ1) is 16.0. The SMILES string of the molecule is CCOc1ccc(CCNC(=O)Cc2ccc(F)cc2)cc1. The van der Waals surface area contributed by atoms with Gasteiger partial charge in [0.2, 0.25) is 5.91 Å². The molecule has 2 aromatic rings. The Labute approximate surface area is 130 Å². The minimum Gasteiger partial charge on any atom is -0.494 e. The average molecular weight is 301 g/mol. The molecule has 0 saturated carbocycles. The number of hydrogen-bond acceptors (Lipinski definition) is 2. The van der Waals surface area contributed by atoms with Gasteiger partial charge in [0.25, 0.3) is 0 Å². The second-order valence-electron chi connectivity index (χ2n) is 4.98. The van der Waals surface area contributed by atoms with Crippen LogP contribution in [0.25, 0.3) is 0 Å². The molecule has 116 valence electrons. The number of rotatable bonds is 7. The second kappa shape index (κ2) is 8.17. The van der Waals surface area contributed by atoms with E-state index in [1.807, 2.05) is 31.2 Å². The maximum Gasteiger partial charge on any atom is 0.224 e. The van der Waals surface area contributed by atoms with Gasteiger partial charge in [-0.2, -0.15) is 0 Å². The van der Waals surface area contributed by atoms with Crippen molar-refractivity contribution in [1.29, 1.82) is 0 Å². The molecule has 0 aliphatic rings. The fourth-order valence-electron chi connectivity index (χ4n) is 2.12. The normalized spacial score (nSPS) is 10.3. The van der Waals surface area contributed by atoms with Crippen molar-refractivity contribution >= 4 is 5.91 Å². The first-order valence-electron chi connectivity index (χ1n) is 7.40. The molecule has 0 fully saturated rings. The van der Waals surface area contributed by atoms with Crippen LogP contribution in [0.3, 0.4) is 0 Å². The molecule has 1 amide bonds. The highest BCUT2D eigenvalue weighted by atomic mass is 19.1. The van der Waals surface area contributed by atoms with Crippen LogP contribution in [-0.4, -0.2) is 19.1 Å². The smallest absolute Gasteiger partial charge is 0.224 e. The second-order valence-corrected chi connectivity index (χ2v) is 4.98. The topological polar surface area (TPSA) is 38.3 Å². The monoisotopic (exact) mass is 301 g/mol. The predicted octanol–water partition coefficient (Wildman–Crippen LogP) is 3.13. The Kier molecular flexibility index (Phi) is 5.95. The predicted molar refractivity (Wildman–Crippen MR) is 84.4 cm³/mol. The summed E-state index contributed by atoms with van der Waals surface area (Å²) in [5.74, 6) is 0.504. The lowest BCUT2D eigenvalue weighted by atomic mass is 10.1. The molecule has 0 radical (unpaired) electrons. The van der Waals surface area contributed by atoms with Crippen molar-refractivity contribution in [2.45, 2.75) is 19.8 Å². The van der Waals surface area contributed by atoms with E-state index in [2.05, 4.69) is 5.32 Å². The van der Waals surface area contributed by atoms with Gasteiger partial charge < -0.3 is 10.1 Å². The van der Waals surface area contributed by atoms with Crippen LogP contribution in [-0.2, 0) is 17.6 Å². The van der Waals surface area contributed by atoms with E-state index in [0.717, 1.165) is 23.3 Å². The van der Waals surface area contributed by atoms with Crippen molar-refractivity contribution < 1.29 is 13.9 Å². The molecule has 0 atom stereocenters. The molecular formula is C18H20FNO2. The third-order valence-corrected chi connectivity index (χ3v) is 3.25. The summed E-state index contributed by atoms with van der Waals surface area (Å²) in [6.07, 6.45) is 1.03. The number of amides is 1. The molecule has 0 saturated heterocycles. The number of benzene rings is 2. The molecule has 2 aromatic carbocycles. The van der Waals surface area contributed by atoms with Crippen LogP contribution < -0.4 is 10.1 Å². The third-order valence-electron chi connectivity index (χ3n) is 3.25. The van der Waals surface area contributed by atoms with Crippen LogP contribution in [0.4, 0.5) is 4.39 Å². The van der Waals surface area contributed by atoms with E-state index in [0.29, 0.717) is 13.2 Å². The van der Waals surface area contributed by atoms with Crippen molar-refractivity contribution in [3.8, 4) is 5.75 Å². The van der Waals surface area contributed by atoms with Gasteiger partial charge in [-0.15, -0.1) is 0 Å². The van der Waals surface area contributed by atoms with Crippen molar-refractivity contribution in [2.75, 3.05) is 13.2 Å². The van der Waals surface area contributed by atoms with Crippen LogP contribution in [0, 0.1) is 5.82 Å². The number of ether oxygens (including phenoxy) is 1. The van der Waals surface area contributed by atoms with Crippen LogP contribution in [0.5, 0.6) is 5.75 Å². The summed E-state index contributed by atoms with van der Waals surface area (Å²) < 4.78 is 18.2. The van der Waals surface area contributed by atoms with Gasteiger partial charge in [-0.05, 0) is 48.7 Å². The Morgan fingerprint density at radius 3 is 2.32 bits per heavy atom. The minimum atomic E-state index is -0.292. The maximum absolute atomic E-state index is 12.8. The standard InChI is InChI=1S/C18H20FNO2/c1-2-22-17-9-5-14(6-10-17)11-12-20-18(21)13-15-3-7-16(19)8-4-15/h3-10H,2,11-13H2,1H3,(H,20,21). The number of carbonyl (C=O) groups is 1. The van der Waals surface area contributed by atoms with Crippen molar-refractivity contribution in [1.82, 2.24) is 5.32 Å². The van der Waals surface area contributed by atoms with Gasteiger partial charge in [0, 0.05) is 6.54 Å². The van der Waals surface area contributed by atoms with Gasteiger partial charge >= 0.3 is 0 Å². The summed E-state index contributed by atoms with van der Waals surface area (Å²) in [4.78, 5) is 11.8. The quantitative estimate of drug-likeness (QED) is 0.853. The van der Waals surface area contributed by atoms with Crippen LogP contribution >= 0.6 is 0 Å². The highest BCUT2D eigenvalue weighted by molar-refractivity contribution is 5.78. The lowest BCUT2D eigenvalue weighted by molar-refractivity contribution is -0.120. The van der Waals surface area contributed by atoms with E-state index in [1.54, 1.807) is 12.1 Å². The molecule has 0 unspecified atom stereocenters. The Bertz CT molecular complexity index is 593. The summed E-state index contributed by atoms with van der Waals surface area (Å²) in [7, 11) is 0. The van der Waals surface area contributed by atoms with E-state index >= 15 is 0 Å². The summed E-state index contributed by atoms with van der Waals surface area (Å²) in [6.45, 7) is 3.18. The molecule has 22 heavy (non-hydrogen) atoms. The summed E-state index contributed by atoms with van der Waals surface area (Å²) in [6, 6.07) is 13.8. The molecular weight excluding hydrogens is 281 g/mol. The molecule has 0 aromatic heterocycles. The maximum atomic E-state index is 12.8. The lowest BCUT2D eigenvalue weighted by Crippen LogP contribution is -2.27. The van der Waals surface area contributed by atoms with Crippen LogP contribution in [0.2, 0.25) is 0 Å². The van der Waals surface area contributed by atoms with Gasteiger partial charge in [-0.1, -0.05) is 24.3 Å². The van der Waals surface area contributed by atoms with Gasteiger partial charge in [-0.3, -0.25) is 4.79 Å².